The monoisotopic (exact) mass is 455 g/mol. The molecule has 1 fully saturated rings. The first kappa shape index (κ1) is 20.0. The zero-order valence-corrected chi connectivity index (χ0v) is 17.0. The average Bonchev–Trinajstić information content (AvgIpc) is 3.13. The fourth-order valence-corrected chi connectivity index (χ4v) is 4.50. The first-order valence-electron chi connectivity index (χ1n) is 8.42. The molecular weight excluding hydrogens is 437 g/mol. The number of carboxylic acids is 1. The Kier molecular flexibility index (Phi) is 6.62. The number of rotatable bonds is 7. The first-order valence-corrected chi connectivity index (χ1v) is 10.3. The molecule has 144 valence electrons. The van der Waals surface area contributed by atoms with Gasteiger partial charge >= 0.3 is 5.97 Å². The van der Waals surface area contributed by atoms with E-state index in [9.17, 15) is 9.18 Å². The van der Waals surface area contributed by atoms with Crippen molar-refractivity contribution < 1.29 is 23.8 Å². The van der Waals surface area contributed by atoms with Crippen LogP contribution in [0.25, 0.3) is 0 Å². The van der Waals surface area contributed by atoms with Crippen LogP contribution in [0, 0.1) is 5.82 Å². The van der Waals surface area contributed by atoms with Crippen LogP contribution in [-0.2, 0) is 11.4 Å². The molecule has 2 aromatic rings. The van der Waals surface area contributed by atoms with Gasteiger partial charge in [-0.05, 0) is 46.6 Å². The van der Waals surface area contributed by atoms with Gasteiger partial charge in [-0.1, -0.05) is 18.2 Å². The third kappa shape index (κ3) is 4.75. The van der Waals surface area contributed by atoms with E-state index in [1.54, 1.807) is 18.2 Å². The van der Waals surface area contributed by atoms with E-state index in [2.05, 4.69) is 21.2 Å². The van der Waals surface area contributed by atoms with Crippen molar-refractivity contribution in [1.82, 2.24) is 5.32 Å². The average molecular weight is 456 g/mol. The first-order chi connectivity index (χ1) is 13.0. The van der Waals surface area contributed by atoms with Crippen LogP contribution >= 0.6 is 27.7 Å². The van der Waals surface area contributed by atoms with Crippen LogP contribution in [0.5, 0.6) is 11.5 Å². The van der Waals surface area contributed by atoms with Gasteiger partial charge in [0.15, 0.2) is 11.5 Å². The van der Waals surface area contributed by atoms with Crippen LogP contribution in [0.3, 0.4) is 0 Å². The molecule has 0 bridgehead atoms. The zero-order valence-electron chi connectivity index (χ0n) is 14.6. The molecule has 2 aromatic carbocycles. The number of benzene rings is 2. The van der Waals surface area contributed by atoms with Crippen LogP contribution in [0.2, 0.25) is 0 Å². The number of hydrogen-bond donors (Lipinski definition) is 2. The Bertz CT molecular complexity index is 835. The van der Waals surface area contributed by atoms with Crippen LogP contribution in [0.15, 0.2) is 40.9 Å². The maximum absolute atomic E-state index is 13.8. The Labute approximate surface area is 169 Å². The van der Waals surface area contributed by atoms with Gasteiger partial charge in [0, 0.05) is 11.3 Å². The van der Waals surface area contributed by atoms with Gasteiger partial charge in [-0.15, -0.1) is 11.8 Å². The van der Waals surface area contributed by atoms with Crippen LogP contribution in [0.4, 0.5) is 4.39 Å². The molecule has 0 amide bonds. The number of halogens is 2. The van der Waals surface area contributed by atoms with Crippen LogP contribution in [-0.4, -0.2) is 29.5 Å². The highest BCUT2D eigenvalue weighted by molar-refractivity contribution is 9.10. The van der Waals surface area contributed by atoms with E-state index in [-0.39, 0.29) is 17.8 Å². The van der Waals surface area contributed by atoms with E-state index in [0.29, 0.717) is 33.9 Å². The van der Waals surface area contributed by atoms with Gasteiger partial charge in [0.2, 0.25) is 0 Å². The molecule has 1 heterocycles. The molecule has 1 aliphatic heterocycles. The standard InChI is InChI=1S/C19H19BrFNO4S/c1-2-25-16-8-12(18-22-15(10-27-18)19(23)24)7-13(20)17(16)26-9-11-5-3-4-6-14(11)21/h3-8,15,18,22H,2,9-10H2,1H3,(H,23,24). The summed E-state index contributed by atoms with van der Waals surface area (Å²) in [5.41, 5.74) is 1.34. The van der Waals surface area contributed by atoms with E-state index in [1.165, 1.54) is 17.8 Å². The van der Waals surface area contributed by atoms with Crippen molar-refractivity contribution in [2.24, 2.45) is 0 Å². The number of hydrogen-bond acceptors (Lipinski definition) is 5. The molecule has 27 heavy (non-hydrogen) atoms. The van der Waals surface area contributed by atoms with E-state index in [0.717, 1.165) is 5.56 Å². The van der Waals surface area contributed by atoms with E-state index in [4.69, 9.17) is 14.6 Å². The molecule has 1 aliphatic rings. The molecule has 3 rings (SSSR count). The molecule has 0 radical (unpaired) electrons. The fourth-order valence-electron chi connectivity index (χ4n) is 2.71. The molecular formula is C19H19BrFNO4S. The minimum absolute atomic E-state index is 0.0716. The zero-order chi connectivity index (χ0) is 19.4. The number of nitrogens with one attached hydrogen (secondary N) is 1. The number of aliphatic carboxylic acids is 1. The molecule has 5 nitrogen and oxygen atoms in total. The molecule has 2 atom stereocenters. The smallest absolute Gasteiger partial charge is 0.321 e. The minimum Gasteiger partial charge on any atom is -0.490 e. The van der Waals surface area contributed by atoms with Crippen molar-refractivity contribution in [3.8, 4) is 11.5 Å². The van der Waals surface area contributed by atoms with E-state index < -0.39 is 12.0 Å². The van der Waals surface area contributed by atoms with Crippen LogP contribution in [0.1, 0.15) is 23.4 Å². The van der Waals surface area contributed by atoms with Crippen molar-refractivity contribution in [2.45, 2.75) is 24.9 Å². The van der Waals surface area contributed by atoms with Gasteiger partial charge in [-0.25, -0.2) is 4.39 Å². The van der Waals surface area contributed by atoms with Gasteiger partial charge < -0.3 is 14.6 Å². The van der Waals surface area contributed by atoms with E-state index >= 15 is 0 Å². The second-order valence-corrected chi connectivity index (χ2v) is 7.91. The highest BCUT2D eigenvalue weighted by atomic mass is 79.9. The topological polar surface area (TPSA) is 67.8 Å². The maximum atomic E-state index is 13.8. The lowest BCUT2D eigenvalue weighted by Gasteiger charge is -2.18. The molecule has 0 saturated carbocycles. The highest BCUT2D eigenvalue weighted by Crippen LogP contribution is 2.42. The molecule has 2 N–H and O–H groups in total. The second kappa shape index (κ2) is 8.95. The summed E-state index contributed by atoms with van der Waals surface area (Å²) in [5.74, 6) is 0.321. The van der Waals surface area contributed by atoms with Crippen molar-refractivity contribution >= 4 is 33.7 Å². The summed E-state index contributed by atoms with van der Waals surface area (Å²) >= 11 is 5.03. The summed E-state index contributed by atoms with van der Waals surface area (Å²) in [6.07, 6.45) is 0. The molecule has 0 spiro atoms. The highest BCUT2D eigenvalue weighted by Gasteiger charge is 2.31. The lowest BCUT2D eigenvalue weighted by Crippen LogP contribution is -2.33. The number of carboxylic acid groups (broad SMARTS) is 1. The fraction of sp³-hybridized carbons (Fsp3) is 0.316. The quantitative estimate of drug-likeness (QED) is 0.646. The minimum atomic E-state index is -0.862. The molecule has 0 aromatic heterocycles. The Morgan fingerprint density at radius 1 is 1.37 bits per heavy atom. The van der Waals surface area contributed by atoms with Gasteiger partial charge in [0.25, 0.3) is 0 Å². The Morgan fingerprint density at radius 3 is 2.81 bits per heavy atom. The predicted octanol–water partition coefficient (Wildman–Crippen LogP) is 4.35. The molecule has 2 unspecified atom stereocenters. The third-order valence-electron chi connectivity index (χ3n) is 4.04. The normalized spacial score (nSPS) is 19.1. The lowest BCUT2D eigenvalue weighted by molar-refractivity contribution is -0.138. The lowest BCUT2D eigenvalue weighted by atomic mass is 10.1. The van der Waals surface area contributed by atoms with Crippen molar-refractivity contribution in [1.29, 1.82) is 0 Å². The number of carbonyl (C=O) groups is 1. The Balaban J connectivity index is 1.82. The summed E-state index contributed by atoms with van der Waals surface area (Å²) in [4.78, 5) is 11.2. The number of ether oxygens (including phenoxy) is 2. The molecule has 1 saturated heterocycles. The van der Waals surface area contributed by atoms with Gasteiger partial charge in [0.05, 0.1) is 16.5 Å². The number of thioether (sulfide) groups is 1. The van der Waals surface area contributed by atoms with Crippen molar-refractivity contribution in [3.05, 3.63) is 57.8 Å². The van der Waals surface area contributed by atoms with Crippen molar-refractivity contribution in [3.63, 3.8) is 0 Å². The predicted molar refractivity (Wildman–Crippen MR) is 106 cm³/mol. The van der Waals surface area contributed by atoms with Crippen molar-refractivity contribution in [2.75, 3.05) is 12.4 Å². The summed E-state index contributed by atoms with van der Waals surface area (Å²) in [6.45, 7) is 2.38. The van der Waals surface area contributed by atoms with Crippen LogP contribution < -0.4 is 14.8 Å². The summed E-state index contributed by atoms with van der Waals surface area (Å²) < 4.78 is 26.0. The molecule has 0 aliphatic carbocycles. The Hall–Kier alpha value is -1.77. The summed E-state index contributed by atoms with van der Waals surface area (Å²) in [6, 6.07) is 9.57. The largest absolute Gasteiger partial charge is 0.490 e. The SMILES string of the molecule is CCOc1cc(C2NC(C(=O)O)CS2)cc(Br)c1OCc1ccccc1F. The van der Waals surface area contributed by atoms with Gasteiger partial charge in [-0.3, -0.25) is 10.1 Å². The second-order valence-electron chi connectivity index (χ2n) is 5.91. The maximum Gasteiger partial charge on any atom is 0.321 e. The third-order valence-corrected chi connectivity index (χ3v) is 5.90. The van der Waals surface area contributed by atoms with E-state index in [1.807, 2.05) is 19.1 Å². The summed E-state index contributed by atoms with van der Waals surface area (Å²) in [5, 5.41) is 12.1. The van der Waals surface area contributed by atoms with Gasteiger partial charge in [-0.2, -0.15) is 0 Å². The van der Waals surface area contributed by atoms with Gasteiger partial charge in [0.1, 0.15) is 18.5 Å². The summed E-state index contributed by atoms with van der Waals surface area (Å²) in [7, 11) is 0. The Morgan fingerprint density at radius 2 is 2.15 bits per heavy atom. The molecule has 8 heteroatoms.